The summed E-state index contributed by atoms with van der Waals surface area (Å²) in [5.41, 5.74) is -0.169. The lowest BCUT2D eigenvalue weighted by Crippen LogP contribution is -2.24. The number of hydrogen-bond donors (Lipinski definition) is 2. The Labute approximate surface area is 174 Å². The van der Waals surface area contributed by atoms with Gasteiger partial charge >= 0.3 is 6.18 Å². The Morgan fingerprint density at radius 1 is 1.20 bits per heavy atom. The van der Waals surface area contributed by atoms with Gasteiger partial charge in [-0.05, 0) is 37.3 Å². The first-order chi connectivity index (χ1) is 14.2. The van der Waals surface area contributed by atoms with Crippen molar-refractivity contribution in [2.45, 2.75) is 23.5 Å². The number of anilines is 1. The molecule has 1 unspecified atom stereocenters. The quantitative estimate of drug-likeness (QED) is 0.450. The summed E-state index contributed by atoms with van der Waals surface area (Å²) in [6.45, 7) is 1.59. The number of carbonyl (C=O) groups excluding carboxylic acids is 1. The molecule has 30 heavy (non-hydrogen) atoms. The van der Waals surface area contributed by atoms with Crippen LogP contribution >= 0.6 is 11.8 Å². The van der Waals surface area contributed by atoms with Crippen LogP contribution in [0.5, 0.6) is 5.75 Å². The first-order valence-electron chi connectivity index (χ1n) is 8.69. The Morgan fingerprint density at radius 3 is 2.63 bits per heavy atom. The van der Waals surface area contributed by atoms with Gasteiger partial charge in [0.2, 0.25) is 11.1 Å². The number of methoxy groups -OCH3 is 1. The Kier molecular flexibility index (Phi) is 6.20. The van der Waals surface area contributed by atoms with Crippen molar-refractivity contribution in [3.8, 4) is 17.1 Å². The molecule has 0 aliphatic rings. The fourth-order valence-corrected chi connectivity index (χ4v) is 3.37. The van der Waals surface area contributed by atoms with E-state index in [4.69, 9.17) is 10.6 Å². The highest BCUT2D eigenvalue weighted by Crippen LogP contribution is 2.32. The van der Waals surface area contributed by atoms with E-state index in [-0.39, 0.29) is 10.8 Å². The minimum atomic E-state index is -4.49. The molecule has 1 heterocycles. The number of carbonyl (C=O) groups is 1. The zero-order valence-electron chi connectivity index (χ0n) is 16.0. The number of ether oxygens (including phenoxy) is 1. The van der Waals surface area contributed by atoms with E-state index < -0.39 is 22.9 Å². The first kappa shape index (κ1) is 21.5. The fraction of sp³-hybridized carbons (Fsp3) is 0.211. The molecule has 1 aromatic heterocycles. The molecule has 11 heteroatoms. The summed E-state index contributed by atoms with van der Waals surface area (Å²) in [5, 5.41) is 10.1. The molecule has 0 radical (unpaired) electrons. The van der Waals surface area contributed by atoms with Gasteiger partial charge in [0.1, 0.15) is 5.75 Å². The predicted molar refractivity (Wildman–Crippen MR) is 108 cm³/mol. The van der Waals surface area contributed by atoms with Crippen LogP contribution in [0.25, 0.3) is 11.4 Å². The summed E-state index contributed by atoms with van der Waals surface area (Å²) >= 11 is 1.03. The van der Waals surface area contributed by atoms with Gasteiger partial charge in [0.25, 0.3) is 0 Å². The van der Waals surface area contributed by atoms with Crippen molar-refractivity contribution in [2.75, 3.05) is 18.3 Å². The zero-order valence-corrected chi connectivity index (χ0v) is 16.8. The molecular formula is C19H18F3N5O2S. The smallest absolute Gasteiger partial charge is 0.416 e. The molecule has 158 valence electrons. The van der Waals surface area contributed by atoms with E-state index in [1.165, 1.54) is 23.9 Å². The van der Waals surface area contributed by atoms with Gasteiger partial charge < -0.3 is 15.9 Å². The topological polar surface area (TPSA) is 95.1 Å². The number of benzene rings is 2. The third-order valence-corrected chi connectivity index (χ3v) is 5.18. The molecule has 0 saturated carbocycles. The third-order valence-electron chi connectivity index (χ3n) is 4.12. The Morgan fingerprint density at radius 2 is 1.93 bits per heavy atom. The van der Waals surface area contributed by atoms with Crippen LogP contribution in [0.1, 0.15) is 12.5 Å². The number of aromatic nitrogens is 3. The average Bonchev–Trinajstić information content (AvgIpc) is 3.07. The van der Waals surface area contributed by atoms with Crippen LogP contribution in [-0.4, -0.2) is 33.1 Å². The Hall–Kier alpha value is -3.21. The minimum absolute atomic E-state index is 0.0474. The average molecular weight is 437 g/mol. The molecule has 0 spiro atoms. The lowest BCUT2D eigenvalue weighted by atomic mass is 10.2. The van der Waals surface area contributed by atoms with Crippen LogP contribution in [0, 0.1) is 0 Å². The molecule has 0 fully saturated rings. The Bertz CT molecular complexity index is 1050. The maximum absolute atomic E-state index is 12.8. The lowest BCUT2D eigenvalue weighted by molar-refractivity contribution is -0.137. The van der Waals surface area contributed by atoms with Gasteiger partial charge in [-0.15, -0.1) is 10.2 Å². The lowest BCUT2D eigenvalue weighted by Gasteiger charge is -2.13. The number of nitrogen functional groups attached to an aromatic ring is 1. The monoisotopic (exact) mass is 437 g/mol. The van der Waals surface area contributed by atoms with Gasteiger partial charge in [-0.2, -0.15) is 13.2 Å². The summed E-state index contributed by atoms with van der Waals surface area (Å²) in [7, 11) is 1.52. The Balaban J connectivity index is 1.73. The molecule has 3 N–H and O–H groups in total. The second-order valence-corrected chi connectivity index (χ2v) is 7.51. The van der Waals surface area contributed by atoms with Gasteiger partial charge in [0.05, 0.1) is 23.5 Å². The molecule has 3 aromatic rings. The molecule has 0 aliphatic heterocycles. The van der Waals surface area contributed by atoms with E-state index in [0.717, 1.165) is 23.9 Å². The van der Waals surface area contributed by atoms with Gasteiger partial charge in [-0.25, -0.2) is 4.68 Å². The second kappa shape index (κ2) is 8.66. The van der Waals surface area contributed by atoms with E-state index in [9.17, 15) is 18.0 Å². The van der Waals surface area contributed by atoms with Gasteiger partial charge in [0.15, 0.2) is 5.82 Å². The van der Waals surface area contributed by atoms with Crippen LogP contribution in [0.15, 0.2) is 53.7 Å². The number of alkyl halides is 3. The summed E-state index contributed by atoms with van der Waals surface area (Å²) in [5.74, 6) is 6.49. The number of nitrogens with two attached hydrogens (primary N) is 1. The number of nitrogens with zero attached hydrogens (tertiary/aromatic N) is 3. The molecule has 1 amide bonds. The van der Waals surface area contributed by atoms with E-state index in [1.54, 1.807) is 31.2 Å². The van der Waals surface area contributed by atoms with Crippen molar-refractivity contribution >= 4 is 23.4 Å². The SMILES string of the molecule is COc1ccccc1-c1nnc(SC(C)C(=O)Nc2cccc(C(F)(F)F)c2)n1N. The number of hydrogen-bond acceptors (Lipinski definition) is 6. The number of amides is 1. The van der Waals surface area contributed by atoms with Crippen molar-refractivity contribution in [1.82, 2.24) is 14.9 Å². The van der Waals surface area contributed by atoms with Gasteiger partial charge in [0, 0.05) is 5.69 Å². The van der Waals surface area contributed by atoms with E-state index in [1.807, 2.05) is 0 Å². The second-order valence-electron chi connectivity index (χ2n) is 6.20. The van der Waals surface area contributed by atoms with Crippen molar-refractivity contribution in [3.05, 3.63) is 54.1 Å². The third kappa shape index (κ3) is 4.67. The molecular weight excluding hydrogens is 419 g/mol. The standard InChI is InChI=1S/C19H18F3N5O2S/c1-11(17(28)24-13-7-5-6-12(10-13)19(20,21)22)30-18-26-25-16(27(18)23)14-8-3-4-9-15(14)29-2/h3-11H,23H2,1-2H3,(H,24,28). The highest BCUT2D eigenvalue weighted by atomic mass is 32.2. The molecule has 0 aliphatic carbocycles. The van der Waals surface area contributed by atoms with Crippen LogP contribution in [0.3, 0.4) is 0 Å². The number of nitrogens with one attached hydrogen (secondary N) is 1. The van der Waals surface area contributed by atoms with Gasteiger partial charge in [-0.3, -0.25) is 4.79 Å². The number of para-hydroxylation sites is 1. The van der Waals surface area contributed by atoms with Crippen LogP contribution in [0.4, 0.5) is 18.9 Å². The number of thioether (sulfide) groups is 1. The van der Waals surface area contributed by atoms with Crippen molar-refractivity contribution in [3.63, 3.8) is 0 Å². The highest BCUT2D eigenvalue weighted by molar-refractivity contribution is 8.00. The van der Waals surface area contributed by atoms with Gasteiger partial charge in [-0.1, -0.05) is 30.0 Å². The maximum atomic E-state index is 12.8. The molecule has 3 rings (SSSR count). The van der Waals surface area contributed by atoms with E-state index >= 15 is 0 Å². The van der Waals surface area contributed by atoms with E-state index in [2.05, 4.69) is 15.5 Å². The summed E-state index contributed by atoms with van der Waals surface area (Å²) in [6.07, 6.45) is -4.49. The highest BCUT2D eigenvalue weighted by Gasteiger charge is 2.30. The summed E-state index contributed by atoms with van der Waals surface area (Å²) in [4.78, 5) is 12.4. The molecule has 0 saturated heterocycles. The first-order valence-corrected chi connectivity index (χ1v) is 9.57. The van der Waals surface area contributed by atoms with Crippen LogP contribution in [0.2, 0.25) is 0 Å². The summed E-state index contributed by atoms with van der Waals surface area (Å²) < 4.78 is 45.0. The maximum Gasteiger partial charge on any atom is 0.416 e. The zero-order chi connectivity index (χ0) is 21.9. The van der Waals surface area contributed by atoms with Crippen molar-refractivity contribution < 1.29 is 22.7 Å². The summed E-state index contributed by atoms with van der Waals surface area (Å²) in [6, 6.07) is 11.5. The minimum Gasteiger partial charge on any atom is -0.496 e. The predicted octanol–water partition coefficient (Wildman–Crippen LogP) is 3.81. The van der Waals surface area contributed by atoms with Crippen molar-refractivity contribution in [2.24, 2.45) is 0 Å². The molecule has 1 atom stereocenters. The normalized spacial score (nSPS) is 12.4. The largest absolute Gasteiger partial charge is 0.496 e. The van der Waals surface area contributed by atoms with Crippen molar-refractivity contribution in [1.29, 1.82) is 0 Å². The van der Waals surface area contributed by atoms with E-state index in [0.29, 0.717) is 17.1 Å². The fourth-order valence-electron chi connectivity index (χ4n) is 2.60. The van der Waals surface area contributed by atoms with Crippen LogP contribution in [-0.2, 0) is 11.0 Å². The molecule has 2 aromatic carbocycles. The number of halogens is 3. The van der Waals surface area contributed by atoms with Crippen LogP contribution < -0.4 is 15.9 Å². The number of rotatable bonds is 6. The molecule has 0 bridgehead atoms. The molecule has 7 nitrogen and oxygen atoms in total.